The summed E-state index contributed by atoms with van der Waals surface area (Å²) in [5, 5.41) is 0.736. The summed E-state index contributed by atoms with van der Waals surface area (Å²) in [6.07, 6.45) is 1.34. The van der Waals surface area contributed by atoms with Crippen LogP contribution in [-0.4, -0.2) is 13.0 Å². The van der Waals surface area contributed by atoms with Crippen LogP contribution in [0.3, 0.4) is 0 Å². The number of hydrogen-bond acceptors (Lipinski definition) is 3. The number of hydrogen-bond donors (Lipinski definition) is 2. The molecule has 4 nitrogen and oxygen atoms in total. The van der Waals surface area contributed by atoms with Crippen LogP contribution in [0.1, 0.15) is 6.92 Å². The van der Waals surface area contributed by atoms with Crippen LogP contribution in [0.2, 0.25) is 0 Å². The van der Waals surface area contributed by atoms with Crippen LogP contribution in [0.4, 0.5) is 0 Å². The summed E-state index contributed by atoms with van der Waals surface area (Å²) in [4.78, 5) is 0. The van der Waals surface area contributed by atoms with E-state index in [2.05, 4.69) is 6.58 Å². The van der Waals surface area contributed by atoms with E-state index < -0.39 is 10.1 Å². The van der Waals surface area contributed by atoms with Gasteiger partial charge >= 0.3 is 0 Å². The molecule has 60 valence electrons. The molecule has 4 N–H and O–H groups in total. The fourth-order valence-corrected chi connectivity index (χ4v) is 0.849. The third-order valence-corrected chi connectivity index (χ3v) is 1.33. The Hall–Kier alpha value is -0.650. The van der Waals surface area contributed by atoms with E-state index in [4.69, 9.17) is 4.55 Å². The molecular formula is C5H11NO3S. The Morgan fingerprint density at radius 3 is 2.10 bits per heavy atom. The zero-order valence-corrected chi connectivity index (χ0v) is 6.56. The van der Waals surface area contributed by atoms with Crippen molar-refractivity contribution in [2.75, 3.05) is 0 Å². The van der Waals surface area contributed by atoms with Crippen LogP contribution in [0.5, 0.6) is 0 Å². The van der Waals surface area contributed by atoms with Crippen molar-refractivity contribution in [3.05, 3.63) is 23.6 Å². The van der Waals surface area contributed by atoms with Gasteiger partial charge in [0.2, 0.25) is 0 Å². The maximum Gasteiger partial charge on any atom is 0.287 e. The minimum Gasteiger partial charge on any atom is -0.344 e. The zero-order chi connectivity index (χ0) is 7.49. The van der Waals surface area contributed by atoms with Crippen molar-refractivity contribution in [3.8, 4) is 0 Å². The first-order valence-corrected chi connectivity index (χ1v) is 3.74. The predicted molar refractivity (Wildman–Crippen MR) is 40.5 cm³/mol. The summed E-state index contributed by atoms with van der Waals surface area (Å²) < 4.78 is 28.2. The molecule has 0 spiro atoms. The minimum absolute atomic E-state index is 0. The average Bonchev–Trinajstić information content (AvgIpc) is 1.62. The predicted octanol–water partition coefficient (Wildman–Crippen LogP) is 1.13. The van der Waals surface area contributed by atoms with Gasteiger partial charge in [0.25, 0.3) is 10.1 Å². The molecule has 0 aromatic heterocycles. The lowest BCUT2D eigenvalue weighted by atomic mass is 10.4. The Kier molecular flexibility index (Phi) is 5.08. The van der Waals surface area contributed by atoms with Gasteiger partial charge in [0.15, 0.2) is 0 Å². The van der Waals surface area contributed by atoms with Gasteiger partial charge in [-0.05, 0) is 12.5 Å². The standard InChI is InChI=1S/C5H8O3S.H3N/c1-3-5(2)4-9(6,7)8;/h3-4H,1H2,2H3,(H,6,7,8);1H3/b5-4+;. The molecule has 0 atom stereocenters. The van der Waals surface area contributed by atoms with Crippen molar-refractivity contribution in [1.82, 2.24) is 6.15 Å². The molecule has 0 saturated heterocycles. The van der Waals surface area contributed by atoms with Gasteiger partial charge in [0.05, 0.1) is 5.41 Å². The van der Waals surface area contributed by atoms with Crippen molar-refractivity contribution in [1.29, 1.82) is 0 Å². The molecule has 0 aromatic carbocycles. The van der Waals surface area contributed by atoms with Gasteiger partial charge in [-0.3, -0.25) is 4.55 Å². The van der Waals surface area contributed by atoms with E-state index >= 15 is 0 Å². The van der Waals surface area contributed by atoms with Gasteiger partial charge in [0.1, 0.15) is 0 Å². The van der Waals surface area contributed by atoms with Crippen LogP contribution in [0.25, 0.3) is 0 Å². The van der Waals surface area contributed by atoms with Crippen molar-refractivity contribution >= 4 is 10.1 Å². The third kappa shape index (κ3) is 7.35. The molecular weight excluding hydrogens is 154 g/mol. The molecule has 0 amide bonds. The highest BCUT2D eigenvalue weighted by Crippen LogP contribution is 1.95. The van der Waals surface area contributed by atoms with Crippen LogP contribution in [0.15, 0.2) is 23.6 Å². The zero-order valence-electron chi connectivity index (χ0n) is 5.74. The first-order valence-electron chi connectivity index (χ1n) is 2.24. The third-order valence-electron chi connectivity index (χ3n) is 0.657. The molecule has 10 heavy (non-hydrogen) atoms. The summed E-state index contributed by atoms with van der Waals surface area (Å²) in [5.74, 6) is 0. The lowest BCUT2D eigenvalue weighted by Gasteiger charge is -1.86. The normalized spacial score (nSPS) is 12.0. The fourth-order valence-electron chi connectivity index (χ4n) is 0.283. The van der Waals surface area contributed by atoms with Crippen LogP contribution < -0.4 is 6.15 Å². The first kappa shape index (κ1) is 12.1. The Bertz CT molecular complexity index is 227. The molecule has 5 heteroatoms. The van der Waals surface area contributed by atoms with Gasteiger partial charge < -0.3 is 6.15 Å². The fraction of sp³-hybridized carbons (Fsp3) is 0.200. The Labute approximate surface area is 60.6 Å². The Morgan fingerprint density at radius 1 is 1.60 bits per heavy atom. The second kappa shape index (κ2) is 4.21. The molecule has 0 aliphatic heterocycles. The van der Waals surface area contributed by atoms with Crippen LogP contribution in [-0.2, 0) is 10.1 Å². The number of allylic oxidation sites excluding steroid dienone is 2. The highest BCUT2D eigenvalue weighted by atomic mass is 32.2. The molecule has 0 heterocycles. The molecule has 0 unspecified atom stereocenters. The van der Waals surface area contributed by atoms with Crippen molar-refractivity contribution < 1.29 is 13.0 Å². The van der Waals surface area contributed by atoms with Crippen molar-refractivity contribution in [2.24, 2.45) is 0 Å². The van der Waals surface area contributed by atoms with Gasteiger partial charge in [-0.25, -0.2) is 0 Å². The molecule has 0 saturated carbocycles. The van der Waals surface area contributed by atoms with Gasteiger partial charge in [-0.1, -0.05) is 12.7 Å². The second-order valence-corrected chi connectivity index (χ2v) is 2.85. The Morgan fingerprint density at radius 2 is 2.00 bits per heavy atom. The molecule has 0 radical (unpaired) electrons. The van der Waals surface area contributed by atoms with E-state index in [-0.39, 0.29) is 6.15 Å². The highest BCUT2D eigenvalue weighted by molar-refractivity contribution is 7.88. The topological polar surface area (TPSA) is 89.4 Å². The van der Waals surface area contributed by atoms with E-state index in [1.165, 1.54) is 13.0 Å². The summed E-state index contributed by atoms with van der Waals surface area (Å²) in [7, 11) is -3.97. The largest absolute Gasteiger partial charge is 0.344 e. The maximum atomic E-state index is 10.0. The van der Waals surface area contributed by atoms with Crippen molar-refractivity contribution in [3.63, 3.8) is 0 Å². The van der Waals surface area contributed by atoms with E-state index in [0.29, 0.717) is 5.57 Å². The number of rotatable bonds is 2. The van der Waals surface area contributed by atoms with Crippen LogP contribution in [0, 0.1) is 0 Å². The van der Waals surface area contributed by atoms with E-state index in [9.17, 15) is 8.42 Å². The van der Waals surface area contributed by atoms with E-state index in [0.717, 1.165) is 5.41 Å². The SMILES string of the molecule is C=C/C(C)=C/S(=O)(=O)O.N. The molecule has 0 fully saturated rings. The van der Waals surface area contributed by atoms with Gasteiger partial charge in [0, 0.05) is 0 Å². The monoisotopic (exact) mass is 165 g/mol. The summed E-state index contributed by atoms with van der Waals surface area (Å²) in [6.45, 7) is 4.83. The molecule has 0 aromatic rings. The van der Waals surface area contributed by atoms with E-state index in [1.807, 2.05) is 0 Å². The Balaban J connectivity index is 0. The lowest BCUT2D eigenvalue weighted by Crippen LogP contribution is -1.90. The van der Waals surface area contributed by atoms with Gasteiger partial charge in [-0.2, -0.15) is 8.42 Å². The lowest BCUT2D eigenvalue weighted by molar-refractivity contribution is 0.494. The van der Waals surface area contributed by atoms with Gasteiger partial charge in [-0.15, -0.1) is 0 Å². The quantitative estimate of drug-likeness (QED) is 0.474. The molecule has 0 bridgehead atoms. The van der Waals surface area contributed by atoms with Crippen LogP contribution >= 0.6 is 0 Å². The minimum atomic E-state index is -3.97. The van der Waals surface area contributed by atoms with E-state index in [1.54, 1.807) is 0 Å². The maximum absolute atomic E-state index is 10.0. The summed E-state index contributed by atoms with van der Waals surface area (Å²) >= 11 is 0. The molecule has 0 aliphatic carbocycles. The molecule has 0 rings (SSSR count). The molecule has 0 aliphatic rings. The summed E-state index contributed by atoms with van der Waals surface area (Å²) in [5.41, 5.74) is 0.414. The average molecular weight is 165 g/mol. The summed E-state index contributed by atoms with van der Waals surface area (Å²) in [6, 6.07) is 0. The van der Waals surface area contributed by atoms with Crippen molar-refractivity contribution in [2.45, 2.75) is 6.92 Å². The highest BCUT2D eigenvalue weighted by Gasteiger charge is 1.95. The smallest absolute Gasteiger partial charge is 0.287 e. The second-order valence-electron chi connectivity index (χ2n) is 1.58. The first-order chi connectivity index (χ1) is 3.95.